The lowest BCUT2D eigenvalue weighted by Gasteiger charge is -2.20. The van der Waals surface area contributed by atoms with Gasteiger partial charge in [0.05, 0.1) is 0 Å². The Morgan fingerprint density at radius 3 is 2.20 bits per heavy atom. The summed E-state index contributed by atoms with van der Waals surface area (Å²) in [6, 6.07) is 6.80. The van der Waals surface area contributed by atoms with Gasteiger partial charge in [0.25, 0.3) is 0 Å². The molecule has 0 atom stereocenters. The number of benzene rings is 1. The predicted octanol–water partition coefficient (Wildman–Crippen LogP) is 4.30. The minimum Gasteiger partial charge on any atom is -0.375 e. The standard InChI is InChI=1S/C18H32N2/c1-5-10-19-11-8-6-7-9-12-20(4)18-14-16(2)13-17(3)15-18/h13-15,19H,5-12H2,1-4H3. The largest absolute Gasteiger partial charge is 0.375 e. The predicted molar refractivity (Wildman–Crippen MR) is 90.8 cm³/mol. The zero-order valence-electron chi connectivity index (χ0n) is 13.8. The number of hydrogen-bond acceptors (Lipinski definition) is 2. The molecular formula is C18H32N2. The van der Waals surface area contributed by atoms with E-state index in [0.717, 1.165) is 13.1 Å². The highest BCUT2D eigenvalue weighted by molar-refractivity contribution is 5.50. The van der Waals surface area contributed by atoms with Crippen molar-refractivity contribution in [3.8, 4) is 0 Å². The molecule has 0 amide bonds. The summed E-state index contributed by atoms with van der Waals surface area (Å²) in [4.78, 5) is 2.38. The smallest absolute Gasteiger partial charge is 0.0368 e. The molecule has 0 unspecified atom stereocenters. The molecule has 114 valence electrons. The molecule has 1 N–H and O–H groups in total. The van der Waals surface area contributed by atoms with E-state index >= 15 is 0 Å². The average molecular weight is 276 g/mol. The van der Waals surface area contributed by atoms with Crippen LogP contribution in [0.1, 0.15) is 50.2 Å². The molecule has 2 heteroatoms. The summed E-state index contributed by atoms with van der Waals surface area (Å²) in [5, 5.41) is 3.46. The van der Waals surface area contributed by atoms with Crippen molar-refractivity contribution >= 4 is 5.69 Å². The molecule has 0 saturated heterocycles. The van der Waals surface area contributed by atoms with E-state index in [1.54, 1.807) is 0 Å². The number of aryl methyl sites for hydroxylation is 2. The van der Waals surface area contributed by atoms with Crippen LogP contribution in [0, 0.1) is 13.8 Å². The highest BCUT2D eigenvalue weighted by atomic mass is 15.1. The molecule has 0 radical (unpaired) electrons. The maximum atomic E-state index is 3.46. The van der Waals surface area contributed by atoms with Crippen LogP contribution in [0.2, 0.25) is 0 Å². The second kappa shape index (κ2) is 9.82. The number of hydrogen-bond donors (Lipinski definition) is 1. The van der Waals surface area contributed by atoms with Crippen molar-refractivity contribution < 1.29 is 0 Å². The lowest BCUT2D eigenvalue weighted by molar-refractivity contribution is 0.584. The molecule has 1 rings (SSSR count). The lowest BCUT2D eigenvalue weighted by Crippen LogP contribution is -2.19. The van der Waals surface area contributed by atoms with E-state index in [2.05, 4.69) is 56.2 Å². The average Bonchev–Trinajstić information content (AvgIpc) is 2.40. The minimum absolute atomic E-state index is 1.16. The van der Waals surface area contributed by atoms with Crippen molar-refractivity contribution in [2.45, 2.75) is 52.9 Å². The molecule has 0 aliphatic heterocycles. The molecule has 0 aliphatic rings. The van der Waals surface area contributed by atoms with Crippen molar-refractivity contribution in [1.82, 2.24) is 5.32 Å². The molecular weight excluding hydrogens is 244 g/mol. The zero-order valence-corrected chi connectivity index (χ0v) is 13.8. The summed E-state index contributed by atoms with van der Waals surface area (Å²) >= 11 is 0. The van der Waals surface area contributed by atoms with Crippen LogP contribution in [0.25, 0.3) is 0 Å². The summed E-state index contributed by atoms with van der Waals surface area (Å²) in [7, 11) is 2.21. The monoisotopic (exact) mass is 276 g/mol. The molecule has 0 fully saturated rings. The van der Waals surface area contributed by atoms with Gasteiger partial charge in [0.2, 0.25) is 0 Å². The van der Waals surface area contributed by atoms with Crippen LogP contribution >= 0.6 is 0 Å². The van der Waals surface area contributed by atoms with Crippen LogP contribution in [0.4, 0.5) is 5.69 Å². The topological polar surface area (TPSA) is 15.3 Å². The Labute approximate surface area is 125 Å². The number of rotatable bonds is 10. The molecule has 0 aliphatic carbocycles. The highest BCUT2D eigenvalue weighted by Gasteiger charge is 2.02. The summed E-state index contributed by atoms with van der Waals surface area (Å²) in [6.45, 7) is 10.1. The van der Waals surface area contributed by atoms with Gasteiger partial charge < -0.3 is 10.2 Å². The van der Waals surface area contributed by atoms with Gasteiger partial charge in [-0.2, -0.15) is 0 Å². The number of nitrogens with zero attached hydrogens (tertiary/aromatic N) is 1. The Morgan fingerprint density at radius 1 is 0.900 bits per heavy atom. The van der Waals surface area contributed by atoms with Gasteiger partial charge in [-0.1, -0.05) is 25.8 Å². The van der Waals surface area contributed by atoms with E-state index < -0.39 is 0 Å². The second-order valence-corrected chi connectivity index (χ2v) is 5.93. The van der Waals surface area contributed by atoms with E-state index in [0.29, 0.717) is 0 Å². The van der Waals surface area contributed by atoms with Gasteiger partial charge in [0.15, 0.2) is 0 Å². The molecule has 0 saturated carbocycles. The van der Waals surface area contributed by atoms with E-state index in [4.69, 9.17) is 0 Å². The Balaban J connectivity index is 2.15. The van der Waals surface area contributed by atoms with Crippen molar-refractivity contribution in [3.63, 3.8) is 0 Å². The van der Waals surface area contributed by atoms with Gasteiger partial charge in [-0.15, -0.1) is 0 Å². The Morgan fingerprint density at radius 2 is 1.55 bits per heavy atom. The lowest BCUT2D eigenvalue weighted by atomic mass is 10.1. The first kappa shape index (κ1) is 17.0. The van der Waals surface area contributed by atoms with Crippen LogP contribution < -0.4 is 10.2 Å². The van der Waals surface area contributed by atoms with E-state index in [1.807, 2.05) is 0 Å². The first-order chi connectivity index (χ1) is 9.63. The van der Waals surface area contributed by atoms with Crippen molar-refractivity contribution in [2.75, 3.05) is 31.6 Å². The van der Waals surface area contributed by atoms with Gasteiger partial charge in [-0.3, -0.25) is 0 Å². The molecule has 1 aromatic carbocycles. The van der Waals surface area contributed by atoms with Crippen LogP contribution in [-0.2, 0) is 0 Å². The summed E-state index contributed by atoms with van der Waals surface area (Å²) < 4.78 is 0. The fourth-order valence-electron chi connectivity index (χ4n) is 2.55. The fraction of sp³-hybridized carbons (Fsp3) is 0.667. The molecule has 0 heterocycles. The molecule has 0 aromatic heterocycles. The molecule has 2 nitrogen and oxygen atoms in total. The number of anilines is 1. The Bertz CT molecular complexity index is 353. The number of unbranched alkanes of at least 4 members (excludes halogenated alkanes) is 3. The third kappa shape index (κ3) is 6.95. The van der Waals surface area contributed by atoms with Gasteiger partial charge >= 0.3 is 0 Å². The van der Waals surface area contributed by atoms with Gasteiger partial charge in [0.1, 0.15) is 0 Å². The maximum absolute atomic E-state index is 3.46. The van der Waals surface area contributed by atoms with Crippen LogP contribution in [0.5, 0.6) is 0 Å². The third-order valence-electron chi connectivity index (χ3n) is 3.67. The van der Waals surface area contributed by atoms with Gasteiger partial charge in [0, 0.05) is 19.3 Å². The third-order valence-corrected chi connectivity index (χ3v) is 3.67. The molecule has 20 heavy (non-hydrogen) atoms. The summed E-state index contributed by atoms with van der Waals surface area (Å²) in [5.74, 6) is 0. The van der Waals surface area contributed by atoms with E-state index in [1.165, 1.54) is 55.5 Å². The second-order valence-electron chi connectivity index (χ2n) is 5.93. The molecule has 0 spiro atoms. The van der Waals surface area contributed by atoms with E-state index in [9.17, 15) is 0 Å². The normalized spacial score (nSPS) is 10.8. The Kier molecular flexibility index (Phi) is 8.36. The first-order valence-electron chi connectivity index (χ1n) is 8.13. The fourth-order valence-corrected chi connectivity index (χ4v) is 2.55. The summed E-state index contributed by atoms with van der Waals surface area (Å²) in [6.07, 6.45) is 6.52. The van der Waals surface area contributed by atoms with Gasteiger partial charge in [-0.25, -0.2) is 0 Å². The van der Waals surface area contributed by atoms with Crippen molar-refractivity contribution in [2.24, 2.45) is 0 Å². The van der Waals surface area contributed by atoms with E-state index in [-0.39, 0.29) is 0 Å². The van der Waals surface area contributed by atoms with Crippen molar-refractivity contribution in [3.05, 3.63) is 29.3 Å². The van der Waals surface area contributed by atoms with Crippen LogP contribution in [0.3, 0.4) is 0 Å². The van der Waals surface area contributed by atoms with Crippen LogP contribution in [0.15, 0.2) is 18.2 Å². The quantitative estimate of drug-likeness (QED) is 0.641. The van der Waals surface area contributed by atoms with Crippen LogP contribution in [-0.4, -0.2) is 26.7 Å². The SMILES string of the molecule is CCCNCCCCCCN(C)c1cc(C)cc(C)c1. The maximum Gasteiger partial charge on any atom is 0.0368 e. The zero-order chi connectivity index (χ0) is 14.8. The minimum atomic E-state index is 1.16. The number of nitrogens with one attached hydrogen (secondary N) is 1. The summed E-state index contributed by atoms with van der Waals surface area (Å²) in [5.41, 5.74) is 4.06. The molecule has 1 aromatic rings. The highest BCUT2D eigenvalue weighted by Crippen LogP contribution is 2.18. The first-order valence-corrected chi connectivity index (χ1v) is 8.13. The van der Waals surface area contributed by atoms with Crippen molar-refractivity contribution in [1.29, 1.82) is 0 Å². The van der Waals surface area contributed by atoms with Gasteiger partial charge in [-0.05, 0) is 69.5 Å². The molecule has 0 bridgehead atoms. The Hall–Kier alpha value is -1.02.